The summed E-state index contributed by atoms with van der Waals surface area (Å²) in [5.41, 5.74) is 0.873. The molecule has 0 saturated carbocycles. The van der Waals surface area contributed by atoms with Crippen LogP contribution in [0.25, 0.3) is 0 Å². The Balaban J connectivity index is 2.28. The van der Waals surface area contributed by atoms with Gasteiger partial charge in [0.1, 0.15) is 5.03 Å². The largest absolute Gasteiger partial charge is 0.389 e. The summed E-state index contributed by atoms with van der Waals surface area (Å²) in [6.45, 7) is 1.74. The lowest BCUT2D eigenvalue weighted by Crippen LogP contribution is -1.91. The third kappa shape index (κ3) is 3.26. The molecule has 1 unspecified atom stereocenters. The normalized spacial score (nSPS) is 12.4. The molecule has 5 heteroatoms. The molecule has 1 atom stereocenters. The third-order valence-corrected chi connectivity index (χ3v) is 4.80. The zero-order valence-electron chi connectivity index (χ0n) is 9.60. The molecule has 0 aliphatic heterocycles. The molecule has 1 heterocycles. The van der Waals surface area contributed by atoms with Gasteiger partial charge < -0.3 is 5.11 Å². The summed E-state index contributed by atoms with van der Waals surface area (Å²) in [5, 5.41) is 10.9. The molecule has 0 spiro atoms. The number of aromatic nitrogens is 1. The van der Waals surface area contributed by atoms with Crippen molar-refractivity contribution in [2.24, 2.45) is 0 Å². The zero-order valence-corrected chi connectivity index (χ0v) is 12.8. The molecule has 18 heavy (non-hydrogen) atoms. The van der Waals surface area contributed by atoms with Gasteiger partial charge >= 0.3 is 0 Å². The van der Waals surface area contributed by atoms with E-state index in [1.54, 1.807) is 19.2 Å². The summed E-state index contributed by atoms with van der Waals surface area (Å²) in [6, 6.07) is 9.37. The molecule has 0 fully saturated rings. The van der Waals surface area contributed by atoms with Gasteiger partial charge in [-0.25, -0.2) is 4.98 Å². The van der Waals surface area contributed by atoms with Crippen molar-refractivity contribution >= 4 is 39.3 Å². The Labute approximate surface area is 124 Å². The Bertz CT molecular complexity index is 562. The van der Waals surface area contributed by atoms with Crippen molar-refractivity contribution in [3.8, 4) is 0 Å². The van der Waals surface area contributed by atoms with Crippen LogP contribution in [0.4, 0.5) is 0 Å². The number of aliphatic hydroxyl groups is 1. The topological polar surface area (TPSA) is 33.1 Å². The first-order chi connectivity index (χ1) is 8.58. The molecule has 1 N–H and O–H groups in total. The van der Waals surface area contributed by atoms with Crippen LogP contribution in [0.15, 0.2) is 50.9 Å². The molecule has 2 nitrogen and oxygen atoms in total. The highest BCUT2D eigenvalue weighted by Crippen LogP contribution is 2.36. The van der Waals surface area contributed by atoms with Crippen molar-refractivity contribution in [2.45, 2.75) is 22.9 Å². The van der Waals surface area contributed by atoms with E-state index in [4.69, 9.17) is 11.6 Å². The molecule has 0 amide bonds. The van der Waals surface area contributed by atoms with Gasteiger partial charge in [0.05, 0.1) is 11.1 Å². The van der Waals surface area contributed by atoms with Crippen LogP contribution < -0.4 is 0 Å². The van der Waals surface area contributed by atoms with Crippen molar-refractivity contribution in [1.29, 1.82) is 0 Å². The van der Waals surface area contributed by atoms with Crippen LogP contribution in [-0.4, -0.2) is 10.1 Å². The standard InChI is InChI=1S/C13H11BrClNOS/c1-8(17)9-4-5-12(10(14)7-9)18-13-11(15)3-2-6-16-13/h2-8,17H,1H3. The van der Waals surface area contributed by atoms with Gasteiger partial charge in [-0.3, -0.25) is 0 Å². The summed E-state index contributed by atoms with van der Waals surface area (Å²) in [4.78, 5) is 5.25. The smallest absolute Gasteiger partial charge is 0.119 e. The van der Waals surface area contributed by atoms with E-state index in [-0.39, 0.29) is 0 Å². The average molecular weight is 345 g/mol. The van der Waals surface area contributed by atoms with Crippen LogP contribution in [0, 0.1) is 0 Å². The highest BCUT2D eigenvalue weighted by Gasteiger charge is 2.09. The Hall–Kier alpha value is -0.550. The second kappa shape index (κ2) is 6.06. The minimum absolute atomic E-state index is 0.473. The second-order valence-electron chi connectivity index (χ2n) is 3.76. The van der Waals surface area contributed by atoms with Crippen molar-refractivity contribution in [3.05, 3.63) is 51.6 Å². The Morgan fingerprint density at radius 1 is 1.39 bits per heavy atom. The number of hydrogen-bond acceptors (Lipinski definition) is 3. The zero-order chi connectivity index (χ0) is 13.1. The highest BCUT2D eigenvalue weighted by molar-refractivity contribution is 9.10. The number of aliphatic hydroxyl groups excluding tert-OH is 1. The molecule has 0 saturated heterocycles. The van der Waals surface area contributed by atoms with Gasteiger partial charge in [-0.1, -0.05) is 29.4 Å². The maximum atomic E-state index is 9.51. The maximum absolute atomic E-state index is 9.51. The molecule has 1 aromatic carbocycles. The first-order valence-electron chi connectivity index (χ1n) is 5.34. The Morgan fingerprint density at radius 2 is 2.17 bits per heavy atom. The molecular formula is C13H11BrClNOS. The predicted octanol–water partition coefficient (Wildman–Crippen LogP) is 4.70. The molecule has 0 bridgehead atoms. The van der Waals surface area contributed by atoms with Crippen LogP contribution >= 0.6 is 39.3 Å². The molecule has 0 aliphatic rings. The summed E-state index contributed by atoms with van der Waals surface area (Å²) >= 11 is 11.1. The maximum Gasteiger partial charge on any atom is 0.119 e. The van der Waals surface area contributed by atoms with E-state index in [2.05, 4.69) is 20.9 Å². The monoisotopic (exact) mass is 343 g/mol. The summed E-state index contributed by atoms with van der Waals surface area (Å²) in [7, 11) is 0. The van der Waals surface area contributed by atoms with Crippen LogP contribution in [0.5, 0.6) is 0 Å². The van der Waals surface area contributed by atoms with Crippen LogP contribution in [-0.2, 0) is 0 Å². The van der Waals surface area contributed by atoms with Crippen molar-refractivity contribution in [3.63, 3.8) is 0 Å². The fourth-order valence-corrected chi connectivity index (χ4v) is 3.07. The van der Waals surface area contributed by atoms with E-state index in [1.165, 1.54) is 11.8 Å². The van der Waals surface area contributed by atoms with Crippen LogP contribution in [0.2, 0.25) is 5.02 Å². The van der Waals surface area contributed by atoms with E-state index < -0.39 is 6.10 Å². The number of hydrogen-bond donors (Lipinski definition) is 1. The summed E-state index contributed by atoms with van der Waals surface area (Å²) in [5.74, 6) is 0. The quantitative estimate of drug-likeness (QED) is 0.876. The van der Waals surface area contributed by atoms with Gasteiger partial charge in [0.2, 0.25) is 0 Å². The molecule has 0 aliphatic carbocycles. The molecular weight excluding hydrogens is 334 g/mol. The molecule has 1 aromatic heterocycles. The van der Waals surface area contributed by atoms with E-state index in [0.29, 0.717) is 5.02 Å². The lowest BCUT2D eigenvalue weighted by atomic mass is 10.1. The van der Waals surface area contributed by atoms with E-state index in [1.807, 2.05) is 24.3 Å². The molecule has 2 aromatic rings. The van der Waals surface area contributed by atoms with Gasteiger partial charge in [0, 0.05) is 15.6 Å². The minimum atomic E-state index is -0.473. The van der Waals surface area contributed by atoms with Crippen molar-refractivity contribution < 1.29 is 5.11 Å². The lowest BCUT2D eigenvalue weighted by Gasteiger charge is -2.09. The highest BCUT2D eigenvalue weighted by atomic mass is 79.9. The lowest BCUT2D eigenvalue weighted by molar-refractivity contribution is 0.199. The fourth-order valence-electron chi connectivity index (χ4n) is 1.41. The summed E-state index contributed by atoms with van der Waals surface area (Å²) < 4.78 is 0.924. The molecule has 2 rings (SSSR count). The number of halogens is 2. The number of rotatable bonds is 3. The SMILES string of the molecule is CC(O)c1ccc(Sc2ncccc2Cl)c(Br)c1. The van der Waals surface area contributed by atoms with Gasteiger partial charge in [-0.15, -0.1) is 0 Å². The van der Waals surface area contributed by atoms with Crippen LogP contribution in [0.1, 0.15) is 18.6 Å². The van der Waals surface area contributed by atoms with Gasteiger partial charge in [0.15, 0.2) is 0 Å². The van der Waals surface area contributed by atoms with Crippen molar-refractivity contribution in [1.82, 2.24) is 4.98 Å². The van der Waals surface area contributed by atoms with Crippen molar-refractivity contribution in [2.75, 3.05) is 0 Å². The Kier molecular flexibility index (Phi) is 4.67. The number of pyridine rings is 1. The Morgan fingerprint density at radius 3 is 2.78 bits per heavy atom. The number of benzene rings is 1. The first-order valence-corrected chi connectivity index (χ1v) is 7.32. The van der Waals surface area contributed by atoms with E-state index in [0.717, 1.165) is 20.0 Å². The second-order valence-corrected chi connectivity index (χ2v) is 6.05. The van der Waals surface area contributed by atoms with Gasteiger partial charge in [-0.05, 0) is 52.7 Å². The number of nitrogens with zero attached hydrogens (tertiary/aromatic N) is 1. The summed E-state index contributed by atoms with van der Waals surface area (Å²) in [6.07, 6.45) is 1.24. The van der Waals surface area contributed by atoms with E-state index >= 15 is 0 Å². The van der Waals surface area contributed by atoms with E-state index in [9.17, 15) is 5.11 Å². The molecule has 0 radical (unpaired) electrons. The minimum Gasteiger partial charge on any atom is -0.389 e. The van der Waals surface area contributed by atoms with Crippen LogP contribution in [0.3, 0.4) is 0 Å². The third-order valence-electron chi connectivity index (χ3n) is 2.37. The first kappa shape index (κ1) is 13.9. The van der Waals surface area contributed by atoms with Gasteiger partial charge in [0.25, 0.3) is 0 Å². The fraction of sp³-hybridized carbons (Fsp3) is 0.154. The van der Waals surface area contributed by atoms with Gasteiger partial charge in [-0.2, -0.15) is 0 Å². The molecule has 94 valence electrons. The average Bonchev–Trinajstić information content (AvgIpc) is 2.34. The predicted molar refractivity (Wildman–Crippen MR) is 78.1 cm³/mol.